The van der Waals surface area contributed by atoms with Crippen LogP contribution < -0.4 is 0 Å². The summed E-state index contributed by atoms with van der Waals surface area (Å²) in [4.78, 5) is 2.55. The number of aryl methyl sites for hydroxylation is 1. The summed E-state index contributed by atoms with van der Waals surface area (Å²) in [5.41, 5.74) is 3.95. The summed E-state index contributed by atoms with van der Waals surface area (Å²) in [6, 6.07) is 2.21. The molecule has 1 aromatic rings. The first-order valence-corrected chi connectivity index (χ1v) is 7.78. The van der Waals surface area contributed by atoms with Crippen molar-refractivity contribution in [3.05, 3.63) is 23.0 Å². The lowest BCUT2D eigenvalue weighted by atomic mass is 9.95. The number of likely N-dealkylation sites (tertiary alicyclic amines) is 1. The van der Waals surface area contributed by atoms with E-state index in [1.807, 2.05) is 0 Å². The van der Waals surface area contributed by atoms with Crippen LogP contribution in [-0.4, -0.2) is 34.2 Å². The Morgan fingerprint density at radius 3 is 2.95 bits per heavy atom. The average Bonchev–Trinajstić information content (AvgIpc) is 2.97. The van der Waals surface area contributed by atoms with Gasteiger partial charge in [-0.05, 0) is 57.7 Å². The van der Waals surface area contributed by atoms with E-state index < -0.39 is 0 Å². The highest BCUT2D eigenvalue weighted by Crippen LogP contribution is 2.33. The molecule has 1 aromatic heterocycles. The van der Waals surface area contributed by atoms with E-state index >= 15 is 0 Å². The molecule has 0 radical (unpaired) electrons. The minimum atomic E-state index is -0.223. The fourth-order valence-electron chi connectivity index (χ4n) is 3.80. The highest BCUT2D eigenvalue weighted by atomic mass is 16.3. The molecule has 0 aromatic carbocycles. The van der Waals surface area contributed by atoms with Gasteiger partial charge < -0.3 is 14.6 Å². The van der Waals surface area contributed by atoms with Crippen LogP contribution in [0.2, 0.25) is 0 Å². The molecule has 1 aliphatic carbocycles. The molecule has 1 fully saturated rings. The highest BCUT2D eigenvalue weighted by molar-refractivity contribution is 5.31. The summed E-state index contributed by atoms with van der Waals surface area (Å²) in [5.74, 6) is 0.786. The molecule has 0 bridgehead atoms. The van der Waals surface area contributed by atoms with Crippen molar-refractivity contribution in [1.29, 1.82) is 0 Å². The largest absolute Gasteiger partial charge is 0.388 e. The van der Waals surface area contributed by atoms with Crippen LogP contribution in [0.1, 0.15) is 49.2 Å². The van der Waals surface area contributed by atoms with Gasteiger partial charge in [-0.1, -0.05) is 6.92 Å². The predicted octanol–water partition coefficient (Wildman–Crippen LogP) is 2.51. The van der Waals surface area contributed by atoms with Gasteiger partial charge in [0.25, 0.3) is 0 Å². The quantitative estimate of drug-likeness (QED) is 0.906. The molecule has 3 heteroatoms. The van der Waals surface area contributed by atoms with E-state index in [9.17, 15) is 5.11 Å². The molecule has 2 unspecified atom stereocenters. The third-order valence-electron chi connectivity index (χ3n) is 4.96. The first kappa shape index (κ1) is 13.2. The summed E-state index contributed by atoms with van der Waals surface area (Å²) in [7, 11) is 0. The van der Waals surface area contributed by atoms with Crippen LogP contribution in [0.3, 0.4) is 0 Å². The van der Waals surface area contributed by atoms with Crippen molar-refractivity contribution in [2.75, 3.05) is 19.6 Å². The molecule has 19 heavy (non-hydrogen) atoms. The highest BCUT2D eigenvalue weighted by Gasteiger charge is 2.26. The van der Waals surface area contributed by atoms with E-state index in [1.165, 1.54) is 43.0 Å². The van der Waals surface area contributed by atoms with Crippen molar-refractivity contribution in [2.24, 2.45) is 5.92 Å². The molecule has 1 aliphatic heterocycles. The molecule has 3 rings (SSSR count). The second-order valence-electron chi connectivity index (χ2n) is 6.25. The molecule has 1 N–H and O–H groups in total. The zero-order chi connectivity index (χ0) is 13.4. The summed E-state index contributed by atoms with van der Waals surface area (Å²) in [5, 5.41) is 10.1. The zero-order valence-electron chi connectivity index (χ0n) is 12.2. The Hall–Kier alpha value is -0.800. The SMILES string of the molecule is CCN1CCC(Cn2c(C)cc3c2CCCC3O)C1. The smallest absolute Gasteiger partial charge is 0.0807 e. The average molecular weight is 262 g/mol. The number of aromatic nitrogens is 1. The maximum absolute atomic E-state index is 10.1. The van der Waals surface area contributed by atoms with Gasteiger partial charge in [-0.3, -0.25) is 0 Å². The van der Waals surface area contributed by atoms with E-state index in [1.54, 1.807) is 0 Å². The third-order valence-corrected chi connectivity index (χ3v) is 4.96. The van der Waals surface area contributed by atoms with Gasteiger partial charge in [-0.2, -0.15) is 0 Å². The Kier molecular flexibility index (Phi) is 3.68. The molecule has 106 valence electrons. The molecule has 0 spiro atoms. The van der Waals surface area contributed by atoms with Crippen molar-refractivity contribution in [1.82, 2.24) is 9.47 Å². The molecule has 0 saturated carbocycles. The van der Waals surface area contributed by atoms with Gasteiger partial charge in [0.1, 0.15) is 0 Å². The van der Waals surface area contributed by atoms with Gasteiger partial charge in [-0.25, -0.2) is 0 Å². The first-order chi connectivity index (χ1) is 9.19. The Morgan fingerprint density at radius 2 is 2.21 bits per heavy atom. The standard InChI is InChI=1S/C16H26N2O/c1-3-17-8-7-13(10-17)11-18-12(2)9-14-15(18)5-4-6-16(14)19/h9,13,16,19H,3-8,10-11H2,1-2H3. The Balaban J connectivity index is 1.78. The Bertz CT molecular complexity index is 452. The molecule has 3 nitrogen and oxygen atoms in total. The number of fused-ring (bicyclic) bond motifs is 1. The summed E-state index contributed by atoms with van der Waals surface area (Å²) < 4.78 is 2.49. The van der Waals surface area contributed by atoms with Gasteiger partial charge >= 0.3 is 0 Å². The molecule has 2 heterocycles. The molecular weight excluding hydrogens is 236 g/mol. The van der Waals surface area contributed by atoms with Gasteiger partial charge in [0.15, 0.2) is 0 Å². The molecule has 2 atom stereocenters. The summed E-state index contributed by atoms with van der Waals surface area (Å²) >= 11 is 0. The number of rotatable bonds is 3. The van der Waals surface area contributed by atoms with Crippen LogP contribution in [0.25, 0.3) is 0 Å². The van der Waals surface area contributed by atoms with E-state index in [2.05, 4.69) is 29.4 Å². The fourth-order valence-corrected chi connectivity index (χ4v) is 3.80. The minimum absolute atomic E-state index is 0.223. The maximum Gasteiger partial charge on any atom is 0.0807 e. The summed E-state index contributed by atoms with van der Waals surface area (Å²) in [6.45, 7) is 9.26. The molecular formula is C16H26N2O. The Labute approximate surface area is 116 Å². The molecule has 0 amide bonds. The van der Waals surface area contributed by atoms with Gasteiger partial charge in [0.2, 0.25) is 0 Å². The molecule has 1 saturated heterocycles. The van der Waals surface area contributed by atoms with E-state index in [-0.39, 0.29) is 6.10 Å². The van der Waals surface area contributed by atoms with Crippen LogP contribution >= 0.6 is 0 Å². The lowest BCUT2D eigenvalue weighted by Crippen LogP contribution is -2.22. The predicted molar refractivity (Wildman–Crippen MR) is 77.3 cm³/mol. The van der Waals surface area contributed by atoms with Crippen LogP contribution in [-0.2, 0) is 13.0 Å². The maximum atomic E-state index is 10.1. The van der Waals surface area contributed by atoms with Crippen molar-refractivity contribution < 1.29 is 5.11 Å². The van der Waals surface area contributed by atoms with Gasteiger partial charge in [0, 0.05) is 30.0 Å². The van der Waals surface area contributed by atoms with E-state index in [0.29, 0.717) is 0 Å². The van der Waals surface area contributed by atoms with Crippen LogP contribution in [0.4, 0.5) is 0 Å². The fraction of sp³-hybridized carbons (Fsp3) is 0.750. The van der Waals surface area contributed by atoms with Crippen LogP contribution in [0, 0.1) is 12.8 Å². The minimum Gasteiger partial charge on any atom is -0.388 e. The zero-order valence-corrected chi connectivity index (χ0v) is 12.2. The van der Waals surface area contributed by atoms with Gasteiger partial charge in [0.05, 0.1) is 6.10 Å². The van der Waals surface area contributed by atoms with Gasteiger partial charge in [-0.15, -0.1) is 0 Å². The second kappa shape index (κ2) is 5.29. The second-order valence-corrected chi connectivity index (χ2v) is 6.25. The lowest BCUT2D eigenvalue weighted by Gasteiger charge is -2.22. The Morgan fingerprint density at radius 1 is 1.37 bits per heavy atom. The van der Waals surface area contributed by atoms with Crippen molar-refractivity contribution in [3.63, 3.8) is 0 Å². The van der Waals surface area contributed by atoms with Crippen molar-refractivity contribution in [3.8, 4) is 0 Å². The number of hydrogen-bond acceptors (Lipinski definition) is 2. The van der Waals surface area contributed by atoms with E-state index in [4.69, 9.17) is 0 Å². The normalized spacial score (nSPS) is 27.7. The van der Waals surface area contributed by atoms with Crippen molar-refractivity contribution >= 4 is 0 Å². The van der Waals surface area contributed by atoms with Crippen molar-refractivity contribution in [2.45, 2.75) is 52.2 Å². The number of hydrogen-bond donors (Lipinski definition) is 1. The first-order valence-electron chi connectivity index (χ1n) is 7.78. The number of aliphatic hydroxyl groups excluding tert-OH is 1. The third kappa shape index (κ3) is 2.46. The number of nitrogens with zero attached hydrogens (tertiary/aromatic N) is 2. The molecule has 2 aliphatic rings. The topological polar surface area (TPSA) is 28.4 Å². The summed E-state index contributed by atoms with van der Waals surface area (Å²) in [6.07, 6.45) is 4.31. The van der Waals surface area contributed by atoms with E-state index in [0.717, 1.165) is 31.7 Å². The monoisotopic (exact) mass is 262 g/mol. The number of aliphatic hydroxyl groups is 1. The van der Waals surface area contributed by atoms with Crippen LogP contribution in [0.5, 0.6) is 0 Å². The van der Waals surface area contributed by atoms with Crippen LogP contribution in [0.15, 0.2) is 6.07 Å². The lowest BCUT2D eigenvalue weighted by molar-refractivity contribution is 0.155.